The second-order valence-electron chi connectivity index (χ2n) is 6.03. The average molecular weight is 334 g/mol. The van der Waals surface area contributed by atoms with Crippen LogP contribution in [0.3, 0.4) is 0 Å². The van der Waals surface area contributed by atoms with Gasteiger partial charge in [-0.1, -0.05) is 12.1 Å². The summed E-state index contributed by atoms with van der Waals surface area (Å²) >= 11 is 0. The van der Waals surface area contributed by atoms with E-state index in [0.29, 0.717) is 11.3 Å². The van der Waals surface area contributed by atoms with Crippen molar-refractivity contribution < 1.29 is 0 Å². The summed E-state index contributed by atoms with van der Waals surface area (Å²) in [6.07, 6.45) is 3.66. The highest BCUT2D eigenvalue weighted by Crippen LogP contribution is 2.36. The van der Waals surface area contributed by atoms with Gasteiger partial charge in [0.25, 0.3) is 0 Å². The highest BCUT2D eigenvalue weighted by atomic mass is 15.2. The number of hydrogen-bond acceptors (Lipinski definition) is 4. The number of nitrogens with one attached hydrogen (secondary N) is 2. The molecule has 0 aliphatic carbocycles. The Kier molecular flexibility index (Phi) is 4.19. The van der Waals surface area contributed by atoms with Crippen molar-refractivity contribution in [1.82, 2.24) is 9.78 Å². The second kappa shape index (κ2) is 6.32. The molecule has 2 aromatic carbocycles. The molecule has 6 nitrogen and oxygen atoms in total. The van der Waals surface area contributed by atoms with Crippen LogP contribution >= 0.6 is 0 Å². The van der Waals surface area contributed by atoms with E-state index >= 15 is 0 Å². The molecule has 0 radical (unpaired) electrons. The van der Waals surface area contributed by atoms with Crippen molar-refractivity contribution in [2.45, 2.75) is 6.92 Å². The molecule has 6 heteroatoms. The van der Waals surface area contributed by atoms with Gasteiger partial charge in [-0.05, 0) is 41.8 Å². The number of nitrogens with zero attached hydrogens (tertiary/aromatic N) is 2. The van der Waals surface area contributed by atoms with E-state index in [1.165, 1.54) is 0 Å². The minimum absolute atomic E-state index is 0.0492. The quantitative estimate of drug-likeness (QED) is 0.334. The molecule has 0 spiro atoms. The van der Waals surface area contributed by atoms with E-state index in [-0.39, 0.29) is 5.84 Å². The van der Waals surface area contributed by atoms with E-state index in [0.717, 1.165) is 33.5 Å². The summed E-state index contributed by atoms with van der Waals surface area (Å²) in [6, 6.07) is 9.99. The summed E-state index contributed by atoms with van der Waals surface area (Å²) in [5.41, 5.74) is 19.0. The number of aryl methyl sites for hydroxylation is 1. The maximum absolute atomic E-state index is 7.90. The highest BCUT2D eigenvalue weighted by molar-refractivity contribution is 6.05. The van der Waals surface area contributed by atoms with Crippen molar-refractivity contribution >= 4 is 17.2 Å². The number of rotatable bonds is 4. The van der Waals surface area contributed by atoms with E-state index in [1.54, 1.807) is 10.9 Å². The molecular formula is C19H22N6. The van der Waals surface area contributed by atoms with Crippen LogP contribution in [-0.4, -0.2) is 22.7 Å². The van der Waals surface area contributed by atoms with Crippen molar-refractivity contribution in [3.8, 4) is 22.3 Å². The van der Waals surface area contributed by atoms with Crippen molar-refractivity contribution in [3.05, 3.63) is 53.9 Å². The summed E-state index contributed by atoms with van der Waals surface area (Å²) in [7, 11) is 3.76. The van der Waals surface area contributed by atoms with Gasteiger partial charge in [0.2, 0.25) is 0 Å². The zero-order valence-corrected chi connectivity index (χ0v) is 14.6. The van der Waals surface area contributed by atoms with Gasteiger partial charge in [0.05, 0.1) is 11.9 Å². The smallest absolute Gasteiger partial charge is 0.124 e. The van der Waals surface area contributed by atoms with E-state index in [2.05, 4.69) is 23.4 Å². The van der Waals surface area contributed by atoms with Crippen LogP contribution < -0.4 is 16.8 Å². The summed E-state index contributed by atoms with van der Waals surface area (Å²) < 4.78 is 1.72. The van der Waals surface area contributed by atoms with Crippen LogP contribution in [0.2, 0.25) is 0 Å². The van der Waals surface area contributed by atoms with Crippen molar-refractivity contribution in [2.24, 2.45) is 12.8 Å². The fourth-order valence-corrected chi connectivity index (χ4v) is 3.05. The predicted molar refractivity (Wildman–Crippen MR) is 104 cm³/mol. The molecule has 128 valence electrons. The summed E-state index contributed by atoms with van der Waals surface area (Å²) in [6.45, 7) is 2.06. The summed E-state index contributed by atoms with van der Waals surface area (Å²) in [4.78, 5) is 0. The maximum Gasteiger partial charge on any atom is 0.124 e. The lowest BCUT2D eigenvalue weighted by molar-refractivity contribution is 0.768. The molecule has 3 rings (SSSR count). The van der Waals surface area contributed by atoms with Gasteiger partial charge in [-0.2, -0.15) is 5.10 Å². The first-order valence-electron chi connectivity index (χ1n) is 7.97. The Morgan fingerprint density at radius 2 is 1.96 bits per heavy atom. The van der Waals surface area contributed by atoms with Gasteiger partial charge < -0.3 is 16.8 Å². The predicted octanol–water partition coefficient (Wildman–Crippen LogP) is 2.97. The molecule has 0 amide bonds. The molecule has 0 bridgehead atoms. The standard InChI is InChI=1S/C19H22N6/c1-11-14(5-4-6-17(11)23-2)12-7-15(13-9-24-25(3)10-13)18(20)16(8-12)19(21)22/h4-10,23H,20H2,1-3H3,(H3,21,22). The fourth-order valence-electron chi connectivity index (χ4n) is 3.05. The van der Waals surface area contributed by atoms with Crippen molar-refractivity contribution in [2.75, 3.05) is 18.1 Å². The topological polar surface area (TPSA) is 106 Å². The summed E-state index contributed by atoms with van der Waals surface area (Å²) in [5.74, 6) is -0.0492. The first-order chi connectivity index (χ1) is 11.9. The Labute approximate surface area is 147 Å². The Hall–Kier alpha value is -3.28. The highest BCUT2D eigenvalue weighted by Gasteiger charge is 2.15. The minimum Gasteiger partial charge on any atom is -0.398 e. The number of benzene rings is 2. The largest absolute Gasteiger partial charge is 0.398 e. The van der Waals surface area contributed by atoms with E-state index in [9.17, 15) is 0 Å². The lowest BCUT2D eigenvalue weighted by Crippen LogP contribution is -2.14. The Morgan fingerprint density at radius 1 is 1.20 bits per heavy atom. The van der Waals surface area contributed by atoms with Gasteiger partial charge in [-0.25, -0.2) is 0 Å². The molecule has 25 heavy (non-hydrogen) atoms. The first-order valence-corrected chi connectivity index (χ1v) is 7.97. The van der Waals surface area contributed by atoms with Crippen LogP contribution in [0.4, 0.5) is 11.4 Å². The maximum atomic E-state index is 7.90. The third kappa shape index (κ3) is 2.94. The SMILES string of the molecule is CNc1cccc(-c2cc(C(=N)N)c(N)c(-c3cnn(C)c3)c2)c1C. The van der Waals surface area contributed by atoms with E-state index < -0.39 is 0 Å². The Balaban J connectivity index is 2.28. The lowest BCUT2D eigenvalue weighted by atomic mass is 9.92. The molecule has 0 unspecified atom stereocenters. The lowest BCUT2D eigenvalue weighted by Gasteiger charge is -2.16. The number of anilines is 2. The van der Waals surface area contributed by atoms with Crippen molar-refractivity contribution in [3.63, 3.8) is 0 Å². The molecule has 0 aliphatic rings. The van der Waals surface area contributed by atoms with Crippen molar-refractivity contribution in [1.29, 1.82) is 5.41 Å². The minimum atomic E-state index is -0.0492. The Bertz CT molecular complexity index is 955. The third-order valence-electron chi connectivity index (χ3n) is 4.40. The molecule has 6 N–H and O–H groups in total. The van der Waals surface area contributed by atoms with Crippen LogP contribution in [0.25, 0.3) is 22.3 Å². The van der Waals surface area contributed by atoms with E-state index in [4.69, 9.17) is 16.9 Å². The van der Waals surface area contributed by atoms with Crippen LogP contribution in [-0.2, 0) is 7.05 Å². The first kappa shape index (κ1) is 16.6. The molecule has 0 saturated heterocycles. The van der Waals surface area contributed by atoms with Crippen LogP contribution in [0.15, 0.2) is 42.7 Å². The number of nitrogen functional groups attached to an aromatic ring is 2. The molecule has 0 saturated carbocycles. The van der Waals surface area contributed by atoms with Gasteiger partial charge in [-0.3, -0.25) is 10.1 Å². The number of aromatic nitrogens is 2. The normalized spacial score (nSPS) is 10.7. The van der Waals surface area contributed by atoms with Crippen LogP contribution in [0.1, 0.15) is 11.1 Å². The number of amidine groups is 1. The number of hydrogen-bond donors (Lipinski definition) is 4. The average Bonchev–Trinajstić information content (AvgIpc) is 3.01. The molecular weight excluding hydrogens is 312 g/mol. The monoisotopic (exact) mass is 334 g/mol. The number of nitrogens with two attached hydrogens (primary N) is 2. The van der Waals surface area contributed by atoms with Gasteiger partial charge in [0, 0.05) is 42.7 Å². The van der Waals surface area contributed by atoms with Gasteiger partial charge in [0.15, 0.2) is 0 Å². The van der Waals surface area contributed by atoms with Crippen LogP contribution in [0, 0.1) is 12.3 Å². The molecule has 3 aromatic rings. The van der Waals surface area contributed by atoms with Gasteiger partial charge in [0.1, 0.15) is 5.84 Å². The molecule has 1 heterocycles. The summed E-state index contributed by atoms with van der Waals surface area (Å²) in [5, 5.41) is 15.3. The molecule has 1 aromatic heterocycles. The van der Waals surface area contributed by atoms with Gasteiger partial charge in [-0.15, -0.1) is 0 Å². The molecule has 0 fully saturated rings. The molecule has 0 atom stereocenters. The fraction of sp³-hybridized carbons (Fsp3) is 0.158. The molecule has 0 aliphatic heterocycles. The van der Waals surface area contributed by atoms with Gasteiger partial charge >= 0.3 is 0 Å². The zero-order chi connectivity index (χ0) is 18.1. The van der Waals surface area contributed by atoms with E-state index in [1.807, 2.05) is 44.6 Å². The third-order valence-corrected chi connectivity index (χ3v) is 4.40. The zero-order valence-electron chi connectivity index (χ0n) is 14.6. The van der Waals surface area contributed by atoms with Crippen LogP contribution in [0.5, 0.6) is 0 Å². The Morgan fingerprint density at radius 3 is 2.56 bits per heavy atom. The second-order valence-corrected chi connectivity index (χ2v) is 6.03.